The number of guanidine groups is 2. The Kier molecular flexibility index (Phi) is 9.11. The van der Waals surface area contributed by atoms with E-state index in [1.165, 1.54) is 12.4 Å². The highest BCUT2D eigenvalue weighted by Crippen LogP contribution is 2.17. The van der Waals surface area contributed by atoms with Crippen molar-refractivity contribution in [2.45, 2.75) is 0 Å². The maximum atomic E-state index is 5.90. The minimum absolute atomic E-state index is 0.563. The molecule has 2 N–H and O–H groups in total. The van der Waals surface area contributed by atoms with Crippen molar-refractivity contribution < 1.29 is 0 Å². The number of benzene rings is 2. The van der Waals surface area contributed by atoms with Crippen LogP contribution in [0.5, 0.6) is 0 Å². The third-order valence-electron chi connectivity index (χ3n) is 3.52. The van der Waals surface area contributed by atoms with E-state index in [2.05, 4.69) is 31.0 Å². The van der Waals surface area contributed by atoms with Crippen LogP contribution in [0.2, 0.25) is 10.0 Å². The lowest BCUT2D eigenvalue weighted by atomic mass is 10.3. The van der Waals surface area contributed by atoms with Crippen LogP contribution >= 0.6 is 23.2 Å². The van der Waals surface area contributed by atoms with Crippen LogP contribution in [0.1, 0.15) is 0 Å². The number of hydrazone groups is 2. The Bertz CT molecular complexity index is 839. The summed E-state index contributed by atoms with van der Waals surface area (Å²) in [5, 5.41) is 9.54. The van der Waals surface area contributed by atoms with Crippen molar-refractivity contribution in [3.05, 3.63) is 58.6 Å². The zero-order valence-corrected chi connectivity index (χ0v) is 18.7. The Hall–Kier alpha value is -3.10. The van der Waals surface area contributed by atoms with Crippen LogP contribution in [0, 0.1) is 0 Å². The molecular weight excluding hydrogens is 423 g/mol. The summed E-state index contributed by atoms with van der Waals surface area (Å²) in [5.41, 5.74) is 7.28. The van der Waals surface area contributed by atoms with Crippen molar-refractivity contribution in [1.82, 2.24) is 20.7 Å². The van der Waals surface area contributed by atoms with E-state index in [0.29, 0.717) is 22.0 Å². The number of hydrogen-bond acceptors (Lipinski definition) is 4. The average molecular weight is 447 g/mol. The first-order chi connectivity index (χ1) is 14.3. The van der Waals surface area contributed by atoms with Crippen molar-refractivity contribution in [2.24, 2.45) is 20.2 Å². The molecule has 2 aromatic carbocycles. The molecule has 0 fully saturated rings. The quantitative estimate of drug-likeness (QED) is 0.414. The maximum Gasteiger partial charge on any atom is 0.219 e. The van der Waals surface area contributed by atoms with E-state index in [1.807, 2.05) is 62.3 Å². The van der Waals surface area contributed by atoms with Gasteiger partial charge in [0.05, 0.1) is 23.8 Å². The van der Waals surface area contributed by atoms with Gasteiger partial charge in [0.25, 0.3) is 0 Å². The zero-order valence-electron chi connectivity index (χ0n) is 17.2. The number of halogens is 2. The molecule has 0 spiro atoms. The van der Waals surface area contributed by atoms with Gasteiger partial charge in [0, 0.05) is 38.2 Å². The second-order valence-electron chi connectivity index (χ2n) is 6.39. The van der Waals surface area contributed by atoms with E-state index in [1.54, 1.807) is 24.3 Å². The predicted molar refractivity (Wildman–Crippen MR) is 128 cm³/mol. The molecule has 0 radical (unpaired) electrons. The molecule has 0 bridgehead atoms. The molecule has 0 aliphatic heterocycles. The predicted octanol–water partition coefficient (Wildman–Crippen LogP) is 3.94. The Morgan fingerprint density at radius 3 is 1.30 bits per heavy atom. The molecule has 8 nitrogen and oxygen atoms in total. The molecule has 2 aromatic rings. The Labute approximate surface area is 186 Å². The van der Waals surface area contributed by atoms with Gasteiger partial charge in [-0.1, -0.05) is 23.2 Å². The third kappa shape index (κ3) is 8.10. The highest BCUT2D eigenvalue weighted by Gasteiger charge is 2.02. The van der Waals surface area contributed by atoms with Gasteiger partial charge in [0.2, 0.25) is 11.9 Å². The van der Waals surface area contributed by atoms with Crippen molar-refractivity contribution >= 4 is 58.9 Å². The topological polar surface area (TPSA) is 80.0 Å². The Balaban J connectivity index is 1.96. The van der Waals surface area contributed by atoms with Gasteiger partial charge >= 0.3 is 0 Å². The summed E-state index contributed by atoms with van der Waals surface area (Å²) in [7, 11) is 7.46. The summed E-state index contributed by atoms with van der Waals surface area (Å²) >= 11 is 11.8. The Morgan fingerprint density at radius 1 is 0.667 bits per heavy atom. The zero-order chi connectivity index (χ0) is 21.9. The maximum absolute atomic E-state index is 5.90. The molecule has 10 heteroatoms. The fraction of sp³-hybridized carbons (Fsp3) is 0.200. The molecule has 0 saturated heterocycles. The summed E-state index contributed by atoms with van der Waals surface area (Å²) in [6.45, 7) is 0. The smallest absolute Gasteiger partial charge is 0.219 e. The van der Waals surface area contributed by atoms with Gasteiger partial charge in [-0.25, -0.2) is 20.8 Å². The number of aliphatic imine (C=N–C) groups is 2. The lowest BCUT2D eigenvalue weighted by molar-refractivity contribution is 0.590. The molecule has 0 aliphatic carbocycles. The molecule has 2 rings (SSSR count). The molecular formula is C20H24Cl2N8. The Morgan fingerprint density at radius 2 is 1.00 bits per heavy atom. The second kappa shape index (κ2) is 11.8. The third-order valence-corrected chi connectivity index (χ3v) is 4.02. The molecule has 0 unspecified atom stereocenters. The summed E-state index contributed by atoms with van der Waals surface area (Å²) in [4.78, 5) is 12.6. The SMILES string of the molecule is CN(C)C(=Nc1ccc(Cl)cc1)N/N=C/C=N/NC(=Nc1ccc(Cl)cc1)N(C)C. The van der Waals surface area contributed by atoms with Crippen molar-refractivity contribution in [3.8, 4) is 0 Å². The van der Waals surface area contributed by atoms with Crippen LogP contribution < -0.4 is 10.9 Å². The van der Waals surface area contributed by atoms with Crippen molar-refractivity contribution in [3.63, 3.8) is 0 Å². The van der Waals surface area contributed by atoms with Gasteiger partial charge in [-0.15, -0.1) is 0 Å². The fourth-order valence-electron chi connectivity index (χ4n) is 1.98. The van der Waals surface area contributed by atoms with Crippen LogP contribution in [0.3, 0.4) is 0 Å². The lowest BCUT2D eigenvalue weighted by Crippen LogP contribution is -2.33. The summed E-state index contributed by atoms with van der Waals surface area (Å²) < 4.78 is 0. The highest BCUT2D eigenvalue weighted by molar-refractivity contribution is 6.30. The molecule has 0 aromatic heterocycles. The first-order valence-electron chi connectivity index (χ1n) is 8.95. The molecule has 30 heavy (non-hydrogen) atoms. The van der Waals surface area contributed by atoms with E-state index in [9.17, 15) is 0 Å². The van der Waals surface area contributed by atoms with Gasteiger partial charge in [-0.2, -0.15) is 10.2 Å². The number of nitrogens with zero attached hydrogens (tertiary/aromatic N) is 6. The summed E-state index contributed by atoms with van der Waals surface area (Å²) in [6.07, 6.45) is 3.01. The molecule has 0 atom stereocenters. The van der Waals surface area contributed by atoms with E-state index < -0.39 is 0 Å². The summed E-state index contributed by atoms with van der Waals surface area (Å²) in [5.74, 6) is 1.13. The molecule has 0 amide bonds. The average Bonchev–Trinajstić information content (AvgIpc) is 2.71. The van der Waals surface area contributed by atoms with Crippen LogP contribution in [0.25, 0.3) is 0 Å². The van der Waals surface area contributed by atoms with Gasteiger partial charge in [0.1, 0.15) is 0 Å². The van der Waals surface area contributed by atoms with E-state index in [0.717, 1.165) is 11.4 Å². The van der Waals surface area contributed by atoms with Crippen LogP contribution in [-0.4, -0.2) is 62.3 Å². The van der Waals surface area contributed by atoms with E-state index in [-0.39, 0.29) is 0 Å². The molecule has 158 valence electrons. The highest BCUT2D eigenvalue weighted by atomic mass is 35.5. The lowest BCUT2D eigenvalue weighted by Gasteiger charge is -2.14. The van der Waals surface area contributed by atoms with Gasteiger partial charge < -0.3 is 9.80 Å². The minimum Gasteiger partial charge on any atom is -0.347 e. The number of rotatable bonds is 5. The van der Waals surface area contributed by atoms with Crippen LogP contribution in [0.4, 0.5) is 11.4 Å². The molecule has 0 heterocycles. The molecule has 0 saturated carbocycles. The monoisotopic (exact) mass is 446 g/mol. The first-order valence-corrected chi connectivity index (χ1v) is 9.70. The summed E-state index contributed by atoms with van der Waals surface area (Å²) in [6, 6.07) is 14.4. The van der Waals surface area contributed by atoms with Crippen molar-refractivity contribution in [2.75, 3.05) is 28.2 Å². The normalized spacial score (nSPS) is 12.5. The van der Waals surface area contributed by atoms with Crippen LogP contribution in [0.15, 0.2) is 68.7 Å². The van der Waals surface area contributed by atoms with E-state index in [4.69, 9.17) is 23.2 Å². The standard InChI is InChI=1S/C20H24Cl2N8/c1-29(2)19(25-17-9-5-15(21)6-10-17)27-23-13-14-24-28-20(30(3)4)26-18-11-7-16(22)8-12-18/h5-14H,1-4H3,(H,25,27)(H,26,28)/b23-13+,24-14+. The van der Waals surface area contributed by atoms with Crippen molar-refractivity contribution in [1.29, 1.82) is 0 Å². The van der Waals surface area contributed by atoms with E-state index >= 15 is 0 Å². The largest absolute Gasteiger partial charge is 0.347 e. The van der Waals surface area contributed by atoms with Gasteiger partial charge in [0.15, 0.2) is 0 Å². The minimum atomic E-state index is 0.563. The van der Waals surface area contributed by atoms with Gasteiger partial charge in [-0.05, 0) is 48.5 Å². The number of nitrogens with one attached hydrogen (secondary N) is 2. The fourth-order valence-corrected chi connectivity index (χ4v) is 2.23. The van der Waals surface area contributed by atoms with Gasteiger partial charge in [-0.3, -0.25) is 0 Å². The second-order valence-corrected chi connectivity index (χ2v) is 7.27. The van der Waals surface area contributed by atoms with Crippen LogP contribution in [-0.2, 0) is 0 Å². The first kappa shape index (κ1) is 23.2. The molecule has 0 aliphatic rings. The number of hydrogen-bond donors (Lipinski definition) is 2.